The van der Waals surface area contributed by atoms with Crippen molar-refractivity contribution in [2.24, 2.45) is 5.73 Å². The summed E-state index contributed by atoms with van der Waals surface area (Å²) in [5, 5.41) is 13.3. The summed E-state index contributed by atoms with van der Waals surface area (Å²) in [4.78, 5) is 33.7. The molecular formula is C11H13ClN2O4S. The van der Waals surface area contributed by atoms with Gasteiger partial charge in [-0.25, -0.2) is 4.79 Å². The van der Waals surface area contributed by atoms with Gasteiger partial charge in [0.15, 0.2) is 0 Å². The van der Waals surface area contributed by atoms with Crippen molar-refractivity contribution in [3.8, 4) is 0 Å². The molecule has 104 valence electrons. The van der Waals surface area contributed by atoms with Crippen LogP contribution < -0.4 is 11.1 Å². The van der Waals surface area contributed by atoms with Crippen LogP contribution in [0.2, 0.25) is 5.02 Å². The number of hydrogen-bond donors (Lipinski definition) is 3. The van der Waals surface area contributed by atoms with E-state index in [-0.39, 0.29) is 17.7 Å². The summed E-state index contributed by atoms with van der Waals surface area (Å²) < 4.78 is 0. The van der Waals surface area contributed by atoms with Crippen LogP contribution in [-0.2, 0) is 9.59 Å². The number of thiophene rings is 1. The molecule has 0 radical (unpaired) electrons. The number of carbonyl (C=O) groups is 3. The average molecular weight is 305 g/mol. The van der Waals surface area contributed by atoms with E-state index in [2.05, 4.69) is 5.32 Å². The van der Waals surface area contributed by atoms with Gasteiger partial charge in [-0.15, -0.1) is 11.3 Å². The Bertz CT molecular complexity index is 515. The number of nitrogens with two attached hydrogens (primary N) is 1. The van der Waals surface area contributed by atoms with Crippen LogP contribution in [0.1, 0.15) is 28.1 Å². The number of carboxylic acids is 1. The minimum atomic E-state index is -1.22. The molecule has 8 heteroatoms. The highest BCUT2D eigenvalue weighted by Crippen LogP contribution is 2.27. The highest BCUT2D eigenvalue weighted by atomic mass is 35.5. The monoisotopic (exact) mass is 304 g/mol. The van der Waals surface area contributed by atoms with Gasteiger partial charge >= 0.3 is 5.97 Å². The third kappa shape index (κ3) is 4.22. The van der Waals surface area contributed by atoms with E-state index >= 15 is 0 Å². The first-order chi connectivity index (χ1) is 8.82. The molecule has 19 heavy (non-hydrogen) atoms. The lowest BCUT2D eigenvalue weighted by Crippen LogP contribution is -2.41. The molecule has 0 saturated carbocycles. The second-order valence-corrected chi connectivity index (χ2v) is 5.19. The lowest BCUT2D eigenvalue weighted by Gasteiger charge is -2.13. The number of halogens is 1. The highest BCUT2D eigenvalue weighted by Gasteiger charge is 2.23. The topological polar surface area (TPSA) is 109 Å². The molecule has 0 aliphatic carbocycles. The Balaban J connectivity index is 2.74. The van der Waals surface area contributed by atoms with Gasteiger partial charge in [0.1, 0.15) is 10.9 Å². The van der Waals surface area contributed by atoms with Crippen LogP contribution >= 0.6 is 22.9 Å². The molecule has 1 unspecified atom stereocenters. The number of amides is 2. The maximum atomic E-state index is 11.9. The van der Waals surface area contributed by atoms with Gasteiger partial charge in [0.2, 0.25) is 5.91 Å². The quantitative estimate of drug-likeness (QED) is 0.732. The van der Waals surface area contributed by atoms with Crippen LogP contribution in [0.4, 0.5) is 0 Å². The number of aliphatic carboxylic acids is 1. The molecule has 1 aromatic rings. The molecule has 1 rings (SSSR count). The summed E-state index contributed by atoms with van der Waals surface area (Å²) in [5.74, 6) is -2.41. The van der Waals surface area contributed by atoms with Crippen molar-refractivity contribution < 1.29 is 19.5 Å². The Morgan fingerprint density at radius 3 is 2.58 bits per heavy atom. The molecular weight excluding hydrogens is 292 g/mol. The predicted molar refractivity (Wildman–Crippen MR) is 71.4 cm³/mol. The number of carboxylic acid groups (broad SMARTS) is 1. The zero-order valence-corrected chi connectivity index (χ0v) is 11.7. The fourth-order valence-corrected chi connectivity index (χ4v) is 2.53. The van der Waals surface area contributed by atoms with Crippen LogP contribution in [0.15, 0.2) is 5.38 Å². The average Bonchev–Trinajstić information content (AvgIpc) is 2.64. The third-order valence-corrected chi connectivity index (χ3v) is 4.08. The van der Waals surface area contributed by atoms with Crippen molar-refractivity contribution in [2.45, 2.75) is 25.8 Å². The first kappa shape index (κ1) is 15.5. The minimum Gasteiger partial charge on any atom is -0.480 e. The highest BCUT2D eigenvalue weighted by molar-refractivity contribution is 7.13. The van der Waals surface area contributed by atoms with E-state index in [9.17, 15) is 14.4 Å². The Kier molecular flexibility index (Phi) is 5.31. The lowest BCUT2D eigenvalue weighted by atomic mass is 10.1. The Labute approximate surface area is 118 Å². The Morgan fingerprint density at radius 2 is 2.16 bits per heavy atom. The van der Waals surface area contributed by atoms with Gasteiger partial charge in [-0.1, -0.05) is 11.6 Å². The van der Waals surface area contributed by atoms with Crippen molar-refractivity contribution in [2.75, 3.05) is 0 Å². The van der Waals surface area contributed by atoms with Crippen molar-refractivity contribution in [1.29, 1.82) is 0 Å². The van der Waals surface area contributed by atoms with E-state index in [0.29, 0.717) is 5.02 Å². The van der Waals surface area contributed by atoms with Crippen molar-refractivity contribution in [3.05, 3.63) is 20.8 Å². The summed E-state index contributed by atoms with van der Waals surface area (Å²) in [6, 6.07) is -1.17. The van der Waals surface area contributed by atoms with E-state index in [1.807, 2.05) is 0 Å². The number of rotatable bonds is 6. The molecule has 0 aliphatic rings. The summed E-state index contributed by atoms with van der Waals surface area (Å²) in [6.45, 7) is 1.75. The van der Waals surface area contributed by atoms with Gasteiger partial charge in [-0.3, -0.25) is 9.59 Å². The molecule has 1 heterocycles. The molecule has 0 spiro atoms. The number of hydrogen-bond acceptors (Lipinski definition) is 4. The molecule has 0 fully saturated rings. The van der Waals surface area contributed by atoms with Gasteiger partial charge in [0.25, 0.3) is 5.91 Å². The van der Waals surface area contributed by atoms with Gasteiger partial charge in [0, 0.05) is 6.42 Å². The molecule has 0 aromatic carbocycles. The molecule has 1 aromatic heterocycles. The number of nitrogens with one attached hydrogen (secondary N) is 1. The van der Waals surface area contributed by atoms with Crippen LogP contribution in [-0.4, -0.2) is 28.9 Å². The zero-order chi connectivity index (χ0) is 14.6. The standard InChI is InChI=1S/C11H13ClN2O4S/c1-5-4-19-9(8(5)12)10(16)14-6(11(17)18)2-3-7(13)15/h4,6H,2-3H2,1H3,(H2,13,15)(H,14,16)(H,17,18). The van der Waals surface area contributed by atoms with E-state index in [4.69, 9.17) is 22.4 Å². The van der Waals surface area contributed by atoms with E-state index in [0.717, 1.165) is 16.9 Å². The summed E-state index contributed by atoms with van der Waals surface area (Å²) >= 11 is 7.06. The summed E-state index contributed by atoms with van der Waals surface area (Å²) in [5.41, 5.74) is 5.70. The van der Waals surface area contributed by atoms with Crippen LogP contribution in [0.25, 0.3) is 0 Å². The second kappa shape index (κ2) is 6.53. The Morgan fingerprint density at radius 1 is 1.53 bits per heavy atom. The van der Waals surface area contributed by atoms with Gasteiger partial charge < -0.3 is 16.2 Å². The lowest BCUT2D eigenvalue weighted by molar-refractivity contribution is -0.139. The van der Waals surface area contributed by atoms with E-state index < -0.39 is 23.8 Å². The normalized spacial score (nSPS) is 11.9. The summed E-state index contributed by atoms with van der Waals surface area (Å²) in [6.07, 6.45) is -0.174. The maximum Gasteiger partial charge on any atom is 0.326 e. The molecule has 0 saturated heterocycles. The van der Waals surface area contributed by atoms with Crippen LogP contribution in [0.5, 0.6) is 0 Å². The van der Waals surface area contributed by atoms with Gasteiger partial charge in [0.05, 0.1) is 5.02 Å². The second-order valence-electron chi connectivity index (χ2n) is 3.93. The summed E-state index contributed by atoms with van der Waals surface area (Å²) in [7, 11) is 0. The first-order valence-corrected chi connectivity index (χ1v) is 6.64. The zero-order valence-electron chi connectivity index (χ0n) is 10.1. The largest absolute Gasteiger partial charge is 0.480 e. The molecule has 4 N–H and O–H groups in total. The van der Waals surface area contributed by atoms with Gasteiger partial charge in [-0.2, -0.15) is 0 Å². The van der Waals surface area contributed by atoms with E-state index in [1.54, 1.807) is 12.3 Å². The maximum absolute atomic E-state index is 11.9. The van der Waals surface area contributed by atoms with Gasteiger partial charge in [-0.05, 0) is 24.3 Å². The van der Waals surface area contributed by atoms with E-state index in [1.165, 1.54) is 0 Å². The smallest absolute Gasteiger partial charge is 0.326 e. The minimum absolute atomic E-state index is 0.0572. The number of primary amides is 1. The number of aryl methyl sites for hydroxylation is 1. The SMILES string of the molecule is Cc1csc(C(=O)NC(CCC(N)=O)C(=O)O)c1Cl. The van der Waals surface area contributed by atoms with Crippen molar-refractivity contribution in [1.82, 2.24) is 5.32 Å². The van der Waals surface area contributed by atoms with Crippen molar-refractivity contribution in [3.63, 3.8) is 0 Å². The Hall–Kier alpha value is -1.60. The predicted octanol–water partition coefficient (Wildman–Crippen LogP) is 1.16. The third-order valence-electron chi connectivity index (χ3n) is 2.39. The molecule has 2 amide bonds. The molecule has 0 aliphatic heterocycles. The van der Waals surface area contributed by atoms with Crippen molar-refractivity contribution >= 4 is 40.7 Å². The molecule has 0 bridgehead atoms. The van der Waals surface area contributed by atoms with Crippen LogP contribution in [0, 0.1) is 6.92 Å². The number of carbonyl (C=O) groups excluding carboxylic acids is 2. The first-order valence-electron chi connectivity index (χ1n) is 5.38. The van der Waals surface area contributed by atoms with Crippen LogP contribution in [0.3, 0.4) is 0 Å². The molecule has 1 atom stereocenters. The fraction of sp³-hybridized carbons (Fsp3) is 0.364. The fourth-order valence-electron chi connectivity index (χ4n) is 1.35. The molecule has 6 nitrogen and oxygen atoms in total.